The number of likely N-dealkylation sites (N-methyl/N-ethyl adjacent to an activating group) is 1. The molecular weight excluding hydrogens is 354 g/mol. The molecule has 0 saturated carbocycles. The van der Waals surface area contributed by atoms with E-state index in [9.17, 15) is 4.79 Å². The molecule has 1 aliphatic heterocycles. The molecule has 2 N–H and O–H groups in total. The summed E-state index contributed by atoms with van der Waals surface area (Å²) in [5.74, 6) is 1.35. The fourth-order valence-corrected chi connectivity index (χ4v) is 3.29. The Bertz CT molecular complexity index is 972. The second kappa shape index (κ2) is 7.47. The molecule has 3 aromatic heterocycles. The van der Waals surface area contributed by atoms with Gasteiger partial charge in [0.15, 0.2) is 0 Å². The van der Waals surface area contributed by atoms with Crippen LogP contribution in [0.1, 0.15) is 10.5 Å². The minimum Gasteiger partial charge on any atom is -0.368 e. The molecule has 0 aliphatic carbocycles. The molecule has 8 heteroatoms. The molecule has 4 rings (SSSR count). The maximum absolute atomic E-state index is 12.1. The molecule has 1 aliphatic rings. The molecule has 146 valence electrons. The molecule has 0 bridgehead atoms. The van der Waals surface area contributed by atoms with Gasteiger partial charge in [0.05, 0.1) is 17.4 Å². The highest BCUT2D eigenvalue weighted by Crippen LogP contribution is 2.22. The number of hydrogen-bond acceptors (Lipinski definition) is 6. The predicted octanol–water partition coefficient (Wildman–Crippen LogP) is 2.16. The van der Waals surface area contributed by atoms with Gasteiger partial charge in [0.2, 0.25) is 0 Å². The number of piperazine rings is 1. The summed E-state index contributed by atoms with van der Waals surface area (Å²) < 4.78 is 0. The van der Waals surface area contributed by atoms with Crippen LogP contribution in [0.3, 0.4) is 0 Å². The Kier molecular flexibility index (Phi) is 4.87. The van der Waals surface area contributed by atoms with Gasteiger partial charge in [0, 0.05) is 57.9 Å². The Labute approximate surface area is 164 Å². The van der Waals surface area contributed by atoms with E-state index >= 15 is 0 Å². The van der Waals surface area contributed by atoms with Gasteiger partial charge >= 0.3 is 0 Å². The number of H-pyrrole nitrogens is 1. The lowest BCUT2D eigenvalue weighted by Gasteiger charge is -2.33. The Morgan fingerprint density at radius 2 is 1.82 bits per heavy atom. The van der Waals surface area contributed by atoms with Gasteiger partial charge in [0.1, 0.15) is 17.3 Å². The normalized spacial score (nSPS) is 15.0. The van der Waals surface area contributed by atoms with Crippen molar-refractivity contribution < 1.29 is 4.79 Å². The second-order valence-electron chi connectivity index (χ2n) is 7.36. The average Bonchev–Trinajstić information content (AvgIpc) is 3.12. The topological polar surface area (TPSA) is 80.4 Å². The highest BCUT2D eigenvalue weighted by atomic mass is 16.2. The van der Waals surface area contributed by atoms with E-state index in [4.69, 9.17) is 0 Å². The SMILES string of the molecule is CN1CCN(c2ccc(Nc3cc4[nH]c(C(=O)N(C)C)cc4cn3)nc2)CC1. The van der Waals surface area contributed by atoms with Crippen LogP contribution in [0.25, 0.3) is 10.9 Å². The monoisotopic (exact) mass is 379 g/mol. The number of rotatable bonds is 4. The van der Waals surface area contributed by atoms with Gasteiger partial charge in [-0.15, -0.1) is 0 Å². The average molecular weight is 379 g/mol. The molecule has 0 atom stereocenters. The van der Waals surface area contributed by atoms with Crippen LogP contribution >= 0.6 is 0 Å². The van der Waals surface area contributed by atoms with Crippen LogP contribution in [-0.2, 0) is 0 Å². The van der Waals surface area contributed by atoms with Gasteiger partial charge in [-0.3, -0.25) is 4.79 Å². The first-order valence-electron chi connectivity index (χ1n) is 9.36. The molecule has 0 radical (unpaired) electrons. The summed E-state index contributed by atoms with van der Waals surface area (Å²) in [6.07, 6.45) is 3.65. The summed E-state index contributed by atoms with van der Waals surface area (Å²) in [6, 6.07) is 7.76. The van der Waals surface area contributed by atoms with Gasteiger partial charge in [-0.1, -0.05) is 0 Å². The first kappa shape index (κ1) is 18.2. The van der Waals surface area contributed by atoms with Crippen LogP contribution in [0.4, 0.5) is 17.3 Å². The number of nitrogens with zero attached hydrogens (tertiary/aromatic N) is 5. The van der Waals surface area contributed by atoms with Crippen molar-refractivity contribution in [2.75, 3.05) is 57.5 Å². The van der Waals surface area contributed by atoms with Gasteiger partial charge in [-0.25, -0.2) is 9.97 Å². The molecule has 1 amide bonds. The zero-order valence-electron chi connectivity index (χ0n) is 16.4. The summed E-state index contributed by atoms with van der Waals surface area (Å²) in [6.45, 7) is 4.17. The van der Waals surface area contributed by atoms with E-state index in [-0.39, 0.29) is 5.91 Å². The van der Waals surface area contributed by atoms with Crippen molar-refractivity contribution in [2.24, 2.45) is 0 Å². The first-order valence-corrected chi connectivity index (χ1v) is 9.36. The Morgan fingerprint density at radius 1 is 1.07 bits per heavy atom. The van der Waals surface area contributed by atoms with E-state index in [0.29, 0.717) is 11.5 Å². The van der Waals surface area contributed by atoms with Crippen LogP contribution in [0.15, 0.2) is 36.7 Å². The summed E-state index contributed by atoms with van der Waals surface area (Å²) >= 11 is 0. The van der Waals surface area contributed by atoms with Crippen LogP contribution in [-0.4, -0.2) is 78.0 Å². The van der Waals surface area contributed by atoms with Crippen LogP contribution in [0.5, 0.6) is 0 Å². The number of pyridine rings is 2. The lowest BCUT2D eigenvalue weighted by Crippen LogP contribution is -2.44. The van der Waals surface area contributed by atoms with Crippen LogP contribution in [0, 0.1) is 0 Å². The molecule has 1 saturated heterocycles. The van der Waals surface area contributed by atoms with E-state index in [1.165, 1.54) is 0 Å². The molecule has 3 aromatic rings. The number of anilines is 3. The number of carbonyl (C=O) groups excluding carboxylic acids is 1. The van der Waals surface area contributed by atoms with Crippen molar-refractivity contribution in [3.05, 3.63) is 42.4 Å². The largest absolute Gasteiger partial charge is 0.368 e. The molecule has 8 nitrogen and oxygen atoms in total. The summed E-state index contributed by atoms with van der Waals surface area (Å²) in [4.78, 5) is 30.5. The third kappa shape index (κ3) is 3.77. The zero-order chi connectivity index (χ0) is 19.7. The Balaban J connectivity index is 1.47. The third-order valence-electron chi connectivity index (χ3n) is 5.01. The predicted molar refractivity (Wildman–Crippen MR) is 111 cm³/mol. The lowest BCUT2D eigenvalue weighted by molar-refractivity contribution is 0.0823. The van der Waals surface area contributed by atoms with E-state index in [1.807, 2.05) is 24.4 Å². The molecule has 0 unspecified atom stereocenters. The Morgan fingerprint density at radius 3 is 2.50 bits per heavy atom. The fraction of sp³-hybridized carbons (Fsp3) is 0.350. The maximum atomic E-state index is 12.1. The first-order chi connectivity index (χ1) is 13.5. The standard InChI is InChI=1S/C20H25N7O/c1-25(2)20(28)17-10-14-12-21-19(11-16(14)23-17)24-18-5-4-15(13-22-18)27-8-6-26(3)7-9-27/h4-5,10-13,23H,6-9H2,1-3H3,(H,21,22,24). The summed E-state index contributed by atoms with van der Waals surface area (Å²) in [5, 5.41) is 4.13. The number of carbonyl (C=O) groups is 1. The lowest BCUT2D eigenvalue weighted by atomic mass is 10.3. The molecule has 1 fully saturated rings. The summed E-state index contributed by atoms with van der Waals surface area (Å²) in [7, 11) is 5.61. The van der Waals surface area contributed by atoms with E-state index < -0.39 is 0 Å². The van der Waals surface area contributed by atoms with E-state index in [1.54, 1.807) is 25.2 Å². The minimum absolute atomic E-state index is 0.0631. The van der Waals surface area contributed by atoms with Crippen molar-refractivity contribution in [2.45, 2.75) is 0 Å². The van der Waals surface area contributed by atoms with Crippen LogP contribution in [0.2, 0.25) is 0 Å². The van der Waals surface area contributed by atoms with Gasteiger partial charge in [-0.05, 0) is 25.2 Å². The number of hydrogen-bond donors (Lipinski definition) is 2. The summed E-state index contributed by atoms with van der Waals surface area (Å²) in [5.41, 5.74) is 2.55. The van der Waals surface area contributed by atoms with Crippen molar-refractivity contribution in [1.29, 1.82) is 0 Å². The molecule has 0 aromatic carbocycles. The number of nitrogens with one attached hydrogen (secondary N) is 2. The van der Waals surface area contributed by atoms with Crippen molar-refractivity contribution in [3.63, 3.8) is 0 Å². The van der Waals surface area contributed by atoms with Crippen molar-refractivity contribution in [3.8, 4) is 0 Å². The number of aromatic nitrogens is 3. The van der Waals surface area contributed by atoms with Crippen LogP contribution < -0.4 is 10.2 Å². The smallest absolute Gasteiger partial charge is 0.269 e. The van der Waals surface area contributed by atoms with Crippen molar-refractivity contribution >= 4 is 34.1 Å². The highest BCUT2D eigenvalue weighted by molar-refractivity contribution is 5.98. The molecule has 4 heterocycles. The maximum Gasteiger partial charge on any atom is 0.269 e. The molecule has 0 spiro atoms. The molecular formula is C20H25N7O. The second-order valence-corrected chi connectivity index (χ2v) is 7.36. The number of fused-ring (bicyclic) bond motifs is 1. The van der Waals surface area contributed by atoms with Gasteiger partial charge < -0.3 is 25.0 Å². The van der Waals surface area contributed by atoms with Gasteiger partial charge in [-0.2, -0.15) is 0 Å². The quantitative estimate of drug-likeness (QED) is 0.723. The van der Waals surface area contributed by atoms with Gasteiger partial charge in [0.25, 0.3) is 5.91 Å². The van der Waals surface area contributed by atoms with Crippen molar-refractivity contribution in [1.82, 2.24) is 24.8 Å². The highest BCUT2D eigenvalue weighted by Gasteiger charge is 2.15. The molecule has 28 heavy (non-hydrogen) atoms. The van der Waals surface area contributed by atoms with E-state index in [0.717, 1.165) is 48.6 Å². The third-order valence-corrected chi connectivity index (χ3v) is 5.01. The zero-order valence-corrected chi connectivity index (χ0v) is 16.4. The van der Waals surface area contributed by atoms with E-state index in [2.05, 4.69) is 43.2 Å². The fourth-order valence-electron chi connectivity index (χ4n) is 3.29. The minimum atomic E-state index is -0.0631. The number of aromatic amines is 1. The Hall–Kier alpha value is -3.13. The number of amides is 1.